The monoisotopic (exact) mass is 607 g/mol. The highest BCUT2D eigenvalue weighted by atomic mass is 32.2. The summed E-state index contributed by atoms with van der Waals surface area (Å²) in [5, 5.41) is 34.9. The molecule has 0 aliphatic carbocycles. The first kappa shape index (κ1) is 31.4. The quantitative estimate of drug-likeness (QED) is 0.241. The van der Waals surface area contributed by atoms with Crippen LogP contribution in [0.25, 0.3) is 0 Å². The van der Waals surface area contributed by atoms with Crippen molar-refractivity contribution in [3.8, 4) is 0 Å². The number of rotatable bonds is 11. The number of carbonyl (C=O) groups is 1. The zero-order chi connectivity index (χ0) is 29.5. The molecule has 6 nitrogen and oxygen atoms in total. The Kier molecular flexibility index (Phi) is 10.8. The predicted octanol–water partition coefficient (Wildman–Crippen LogP) is 4.32. The number of halogens is 3. The van der Waals surface area contributed by atoms with E-state index in [-0.39, 0.29) is 0 Å². The van der Waals surface area contributed by atoms with Gasteiger partial charge in [-0.15, -0.1) is 23.5 Å². The van der Waals surface area contributed by atoms with Crippen LogP contribution in [-0.4, -0.2) is 74.5 Å². The Morgan fingerprint density at radius 3 is 1.66 bits per heavy atom. The number of aliphatic hydroxyl groups excluding tert-OH is 3. The van der Waals surface area contributed by atoms with Gasteiger partial charge in [0.2, 0.25) is 0 Å². The molecule has 41 heavy (non-hydrogen) atoms. The lowest BCUT2D eigenvalue weighted by atomic mass is 9.80. The van der Waals surface area contributed by atoms with E-state index in [1.54, 1.807) is 0 Å². The van der Waals surface area contributed by atoms with Gasteiger partial charge in [0.15, 0.2) is 0 Å². The summed E-state index contributed by atoms with van der Waals surface area (Å²) in [6.07, 6.45) is -9.87. The van der Waals surface area contributed by atoms with Crippen LogP contribution in [0, 0.1) is 0 Å². The second kappa shape index (κ2) is 14.1. The summed E-state index contributed by atoms with van der Waals surface area (Å²) >= 11 is 2.58. The van der Waals surface area contributed by atoms with Crippen molar-refractivity contribution in [3.63, 3.8) is 0 Å². The standard InChI is InChI=1S/C30H32F3NO5S2/c31-30(32,33)28(38)34-24(27-40-17-10-18-41-27)26(37)25(36)23(35)19-39-29(20-11-4-1-5-12-20,21-13-6-2-7-14-21)22-15-8-3-9-16-22/h1-9,11-16,23-27,35-37H,10,17-19H2,(H,34,38)/t23-,24-,25-,26-/m1/s1. The summed E-state index contributed by atoms with van der Waals surface area (Å²) in [5.74, 6) is -0.973. The largest absolute Gasteiger partial charge is 0.471 e. The number of hydrogen-bond donors (Lipinski definition) is 4. The molecule has 4 rings (SSSR count). The molecule has 3 aromatic carbocycles. The number of alkyl halides is 3. The van der Waals surface area contributed by atoms with Crippen LogP contribution >= 0.6 is 23.5 Å². The average Bonchev–Trinajstić information content (AvgIpc) is 3.00. The fraction of sp³-hybridized carbons (Fsp3) is 0.367. The van der Waals surface area contributed by atoms with Crippen molar-refractivity contribution in [3.05, 3.63) is 108 Å². The third-order valence-electron chi connectivity index (χ3n) is 6.82. The summed E-state index contributed by atoms with van der Waals surface area (Å²) in [5.41, 5.74) is 0.994. The normalized spacial score (nSPS) is 17.8. The number of thioether (sulfide) groups is 2. The van der Waals surface area contributed by atoms with Gasteiger partial charge in [0, 0.05) is 0 Å². The van der Waals surface area contributed by atoms with E-state index >= 15 is 0 Å². The Bertz CT molecular complexity index is 1130. The van der Waals surface area contributed by atoms with E-state index in [9.17, 15) is 33.3 Å². The van der Waals surface area contributed by atoms with Crippen molar-refractivity contribution in [1.29, 1.82) is 0 Å². The number of benzene rings is 3. The molecule has 3 aromatic rings. The van der Waals surface area contributed by atoms with E-state index in [0.29, 0.717) is 11.5 Å². The smallest absolute Gasteiger partial charge is 0.388 e. The summed E-state index contributed by atoms with van der Waals surface area (Å²) in [6.45, 7) is -0.484. The first-order valence-electron chi connectivity index (χ1n) is 13.1. The van der Waals surface area contributed by atoms with Gasteiger partial charge in [-0.25, -0.2) is 0 Å². The van der Waals surface area contributed by atoms with Gasteiger partial charge in [0.1, 0.15) is 23.9 Å². The first-order chi connectivity index (χ1) is 19.6. The van der Waals surface area contributed by atoms with Crippen molar-refractivity contribution >= 4 is 29.4 Å². The Labute approximate surface area is 245 Å². The van der Waals surface area contributed by atoms with Gasteiger partial charge in [-0.3, -0.25) is 4.79 Å². The van der Waals surface area contributed by atoms with E-state index in [0.717, 1.165) is 23.1 Å². The van der Waals surface area contributed by atoms with Crippen molar-refractivity contribution in [2.75, 3.05) is 18.1 Å². The van der Waals surface area contributed by atoms with Gasteiger partial charge < -0.3 is 25.4 Å². The molecule has 1 aliphatic heterocycles. The molecular weight excluding hydrogens is 575 g/mol. The predicted molar refractivity (Wildman–Crippen MR) is 154 cm³/mol. The fourth-order valence-corrected chi connectivity index (χ4v) is 7.88. The third-order valence-corrected chi connectivity index (χ3v) is 9.93. The maximum atomic E-state index is 13.1. The highest BCUT2D eigenvalue weighted by molar-refractivity contribution is 8.17. The van der Waals surface area contributed by atoms with E-state index in [2.05, 4.69) is 0 Å². The van der Waals surface area contributed by atoms with Crippen LogP contribution in [0.1, 0.15) is 23.1 Å². The SMILES string of the molecule is O=C(N[C@@H](C1SCCCS1)[C@@H](O)[C@H](O)[C@H](O)COC(c1ccccc1)(c1ccccc1)c1ccccc1)C(F)(F)F. The summed E-state index contributed by atoms with van der Waals surface area (Å²) in [7, 11) is 0. The van der Waals surface area contributed by atoms with Crippen molar-refractivity contribution < 1.29 is 38.0 Å². The second-order valence-corrected chi connectivity index (χ2v) is 12.4. The molecule has 0 spiro atoms. The highest BCUT2D eigenvalue weighted by Crippen LogP contribution is 2.41. The molecule has 0 radical (unpaired) electrons. The third kappa shape index (κ3) is 7.46. The van der Waals surface area contributed by atoms with Gasteiger partial charge in [0.05, 0.1) is 17.2 Å². The Morgan fingerprint density at radius 1 is 0.805 bits per heavy atom. The number of ether oxygens (including phenoxy) is 1. The van der Waals surface area contributed by atoms with E-state index in [1.165, 1.54) is 23.5 Å². The van der Waals surface area contributed by atoms with Gasteiger partial charge in [-0.2, -0.15) is 13.2 Å². The molecule has 4 atom stereocenters. The van der Waals surface area contributed by atoms with Gasteiger partial charge >= 0.3 is 12.1 Å². The van der Waals surface area contributed by atoms with Gasteiger partial charge in [-0.05, 0) is 34.6 Å². The molecule has 0 saturated carbocycles. The molecule has 1 heterocycles. The lowest BCUT2D eigenvalue weighted by Gasteiger charge is -2.39. The maximum Gasteiger partial charge on any atom is 0.471 e. The molecule has 0 aromatic heterocycles. The molecule has 1 saturated heterocycles. The first-order valence-corrected chi connectivity index (χ1v) is 15.2. The van der Waals surface area contributed by atoms with Crippen LogP contribution < -0.4 is 5.32 Å². The van der Waals surface area contributed by atoms with Gasteiger partial charge in [-0.1, -0.05) is 91.0 Å². The van der Waals surface area contributed by atoms with Crippen molar-refractivity contribution in [2.45, 2.75) is 47.1 Å². The molecular formula is C30H32F3NO5S2. The molecule has 1 fully saturated rings. The molecule has 4 N–H and O–H groups in total. The minimum absolute atomic E-state index is 0.484. The van der Waals surface area contributed by atoms with Crippen LogP contribution in [-0.2, 0) is 15.1 Å². The summed E-state index contributed by atoms with van der Waals surface area (Å²) < 4.78 is 45.1. The van der Waals surface area contributed by atoms with Crippen LogP contribution in [0.15, 0.2) is 91.0 Å². The molecule has 0 bridgehead atoms. The fourth-order valence-electron chi connectivity index (χ4n) is 4.78. The Hall–Kier alpha value is -2.54. The molecule has 0 unspecified atom stereocenters. The number of nitrogens with one attached hydrogen (secondary N) is 1. The average molecular weight is 608 g/mol. The second-order valence-electron chi connectivity index (χ2n) is 9.60. The van der Waals surface area contributed by atoms with Crippen LogP contribution in [0.5, 0.6) is 0 Å². The molecule has 1 amide bonds. The van der Waals surface area contributed by atoms with Crippen LogP contribution in [0.4, 0.5) is 13.2 Å². The zero-order valence-electron chi connectivity index (χ0n) is 22.0. The van der Waals surface area contributed by atoms with Crippen LogP contribution in [0.2, 0.25) is 0 Å². The topological polar surface area (TPSA) is 99.0 Å². The van der Waals surface area contributed by atoms with E-state index in [1.807, 2.05) is 96.3 Å². The Morgan fingerprint density at radius 2 is 1.24 bits per heavy atom. The lowest BCUT2D eigenvalue weighted by Crippen LogP contribution is -2.58. The van der Waals surface area contributed by atoms with E-state index < -0.39 is 53.2 Å². The molecule has 11 heteroatoms. The number of hydrogen-bond acceptors (Lipinski definition) is 7. The van der Waals surface area contributed by atoms with Crippen molar-refractivity contribution in [1.82, 2.24) is 5.32 Å². The van der Waals surface area contributed by atoms with Crippen LogP contribution in [0.3, 0.4) is 0 Å². The maximum absolute atomic E-state index is 13.1. The summed E-state index contributed by atoms with van der Waals surface area (Å²) in [6, 6.07) is 26.4. The number of aliphatic hydroxyl groups is 3. The van der Waals surface area contributed by atoms with Crippen molar-refractivity contribution in [2.24, 2.45) is 0 Å². The van der Waals surface area contributed by atoms with E-state index in [4.69, 9.17) is 4.74 Å². The lowest BCUT2D eigenvalue weighted by molar-refractivity contribution is -0.176. The number of carbonyl (C=O) groups excluding carboxylic acids is 1. The minimum Gasteiger partial charge on any atom is -0.388 e. The minimum atomic E-state index is -5.17. The zero-order valence-corrected chi connectivity index (χ0v) is 23.6. The summed E-state index contributed by atoms with van der Waals surface area (Å²) in [4.78, 5) is 11.8. The molecule has 1 aliphatic rings. The number of amides is 1. The molecule has 220 valence electrons. The Balaban J connectivity index is 1.62. The highest BCUT2D eigenvalue weighted by Gasteiger charge is 2.46. The van der Waals surface area contributed by atoms with Gasteiger partial charge in [0.25, 0.3) is 0 Å².